The number of carboxylic acids is 1. The van der Waals surface area contributed by atoms with E-state index >= 15 is 0 Å². The Morgan fingerprint density at radius 3 is 2.31 bits per heavy atom. The van der Waals surface area contributed by atoms with Gasteiger partial charge in [0, 0.05) is 13.2 Å². The maximum absolute atomic E-state index is 11.2. The lowest BCUT2D eigenvalue weighted by Crippen LogP contribution is -2.27. The molecule has 0 saturated heterocycles. The number of ether oxygens (including phenoxy) is 1. The van der Waals surface area contributed by atoms with Gasteiger partial charge in [0.2, 0.25) is 0 Å². The van der Waals surface area contributed by atoms with Gasteiger partial charge < -0.3 is 9.84 Å². The van der Waals surface area contributed by atoms with Crippen LogP contribution < -0.4 is 0 Å². The average Bonchev–Trinajstić information content (AvgIpc) is 2.26. The molecule has 0 aliphatic carbocycles. The van der Waals surface area contributed by atoms with Crippen LogP contribution >= 0.6 is 0 Å². The largest absolute Gasteiger partial charge is 0.481 e. The number of hydrogen-bond donors (Lipinski definition) is 1. The monoisotopic (exact) mass is 230 g/mol. The van der Waals surface area contributed by atoms with Gasteiger partial charge in [-0.25, -0.2) is 0 Å². The van der Waals surface area contributed by atoms with Crippen molar-refractivity contribution in [2.45, 2.75) is 59.3 Å². The van der Waals surface area contributed by atoms with Crippen LogP contribution in [0.4, 0.5) is 0 Å². The van der Waals surface area contributed by atoms with Crippen LogP contribution in [0.15, 0.2) is 0 Å². The van der Waals surface area contributed by atoms with E-state index in [-0.39, 0.29) is 0 Å². The highest BCUT2D eigenvalue weighted by atomic mass is 16.5. The second kappa shape index (κ2) is 8.57. The van der Waals surface area contributed by atoms with Crippen LogP contribution in [0, 0.1) is 5.41 Å². The Morgan fingerprint density at radius 2 is 1.81 bits per heavy atom. The lowest BCUT2D eigenvalue weighted by molar-refractivity contribution is -0.149. The molecule has 0 aromatic heterocycles. The Kier molecular flexibility index (Phi) is 8.26. The first kappa shape index (κ1) is 15.4. The van der Waals surface area contributed by atoms with Crippen molar-refractivity contribution in [1.29, 1.82) is 0 Å². The Bertz CT molecular complexity index is 192. The second-order valence-corrected chi connectivity index (χ2v) is 4.62. The van der Waals surface area contributed by atoms with E-state index in [1.807, 2.05) is 13.8 Å². The molecule has 0 heterocycles. The maximum atomic E-state index is 11.2. The van der Waals surface area contributed by atoms with E-state index in [0.717, 1.165) is 51.7 Å². The summed E-state index contributed by atoms with van der Waals surface area (Å²) in [5.74, 6) is -0.655. The first-order valence-electron chi connectivity index (χ1n) is 6.38. The van der Waals surface area contributed by atoms with E-state index in [0.29, 0.717) is 0 Å². The van der Waals surface area contributed by atoms with Gasteiger partial charge in [0.25, 0.3) is 0 Å². The smallest absolute Gasteiger partial charge is 0.309 e. The van der Waals surface area contributed by atoms with Gasteiger partial charge in [-0.3, -0.25) is 4.79 Å². The molecule has 96 valence electrons. The molecule has 0 aliphatic heterocycles. The molecule has 0 spiro atoms. The van der Waals surface area contributed by atoms with E-state index in [4.69, 9.17) is 4.74 Å². The fourth-order valence-corrected chi connectivity index (χ4v) is 1.77. The molecular formula is C13H26O3. The van der Waals surface area contributed by atoms with Crippen molar-refractivity contribution in [1.82, 2.24) is 0 Å². The summed E-state index contributed by atoms with van der Waals surface area (Å²) in [6.07, 6.45) is 5.49. The Labute approximate surface area is 99.2 Å². The summed E-state index contributed by atoms with van der Waals surface area (Å²) in [4.78, 5) is 11.2. The Morgan fingerprint density at radius 1 is 1.19 bits per heavy atom. The number of unbranched alkanes of at least 4 members (excludes halogenated alkanes) is 2. The topological polar surface area (TPSA) is 46.5 Å². The zero-order valence-corrected chi connectivity index (χ0v) is 10.9. The van der Waals surface area contributed by atoms with Crippen molar-refractivity contribution in [2.75, 3.05) is 13.2 Å². The fourth-order valence-electron chi connectivity index (χ4n) is 1.77. The number of aliphatic carboxylic acids is 1. The van der Waals surface area contributed by atoms with Gasteiger partial charge in [-0.15, -0.1) is 0 Å². The lowest BCUT2D eigenvalue weighted by atomic mass is 9.80. The van der Waals surface area contributed by atoms with Crippen LogP contribution in [0.25, 0.3) is 0 Å². The van der Waals surface area contributed by atoms with E-state index in [1.54, 1.807) is 0 Å². The number of carboxylic acid groups (broad SMARTS) is 1. The van der Waals surface area contributed by atoms with Gasteiger partial charge in [0.05, 0.1) is 5.41 Å². The van der Waals surface area contributed by atoms with E-state index in [1.165, 1.54) is 0 Å². The van der Waals surface area contributed by atoms with Crippen LogP contribution in [0.1, 0.15) is 59.3 Å². The van der Waals surface area contributed by atoms with Gasteiger partial charge in [0.1, 0.15) is 0 Å². The molecule has 0 fully saturated rings. The van der Waals surface area contributed by atoms with Gasteiger partial charge in [-0.2, -0.15) is 0 Å². The molecule has 16 heavy (non-hydrogen) atoms. The lowest BCUT2D eigenvalue weighted by Gasteiger charge is -2.24. The molecule has 3 nitrogen and oxygen atoms in total. The fraction of sp³-hybridized carbons (Fsp3) is 0.923. The third-order valence-electron chi connectivity index (χ3n) is 3.07. The van der Waals surface area contributed by atoms with Crippen LogP contribution in [0.3, 0.4) is 0 Å². The molecule has 1 N–H and O–H groups in total. The summed E-state index contributed by atoms with van der Waals surface area (Å²) in [7, 11) is 0. The maximum Gasteiger partial charge on any atom is 0.309 e. The summed E-state index contributed by atoms with van der Waals surface area (Å²) < 4.78 is 5.24. The molecule has 0 amide bonds. The normalized spacial score (nSPS) is 14.7. The highest BCUT2D eigenvalue weighted by Gasteiger charge is 2.31. The summed E-state index contributed by atoms with van der Waals surface area (Å²) >= 11 is 0. The minimum atomic E-state index is -0.655. The van der Waals surface area contributed by atoms with Gasteiger partial charge in [-0.05, 0) is 33.1 Å². The van der Waals surface area contributed by atoms with E-state index in [2.05, 4.69) is 6.92 Å². The third kappa shape index (κ3) is 6.11. The molecule has 0 aromatic rings. The first-order valence-corrected chi connectivity index (χ1v) is 6.38. The standard InChI is InChI=1S/C13H26O3/c1-4-6-9-13(3,12(14)15)10-7-8-11-16-5-2/h4-11H2,1-3H3,(H,14,15). The molecule has 0 aliphatic rings. The number of carbonyl (C=O) groups is 1. The third-order valence-corrected chi connectivity index (χ3v) is 3.07. The predicted molar refractivity (Wildman–Crippen MR) is 65.6 cm³/mol. The molecule has 1 unspecified atom stereocenters. The van der Waals surface area contributed by atoms with Crippen molar-refractivity contribution >= 4 is 5.97 Å². The zero-order chi connectivity index (χ0) is 12.4. The molecule has 0 saturated carbocycles. The van der Waals surface area contributed by atoms with Crippen molar-refractivity contribution in [2.24, 2.45) is 5.41 Å². The SMILES string of the molecule is CCCCC(C)(CCCCOCC)C(=O)O. The number of hydrogen-bond acceptors (Lipinski definition) is 2. The summed E-state index contributed by atoms with van der Waals surface area (Å²) in [5.41, 5.74) is -0.539. The molecule has 0 radical (unpaired) electrons. The second-order valence-electron chi connectivity index (χ2n) is 4.62. The summed E-state index contributed by atoms with van der Waals surface area (Å²) in [6, 6.07) is 0. The van der Waals surface area contributed by atoms with Crippen molar-refractivity contribution in [3.8, 4) is 0 Å². The molecule has 3 heteroatoms. The van der Waals surface area contributed by atoms with Gasteiger partial charge >= 0.3 is 5.97 Å². The molecule has 0 bridgehead atoms. The van der Waals surface area contributed by atoms with E-state index < -0.39 is 11.4 Å². The number of rotatable bonds is 10. The highest BCUT2D eigenvalue weighted by molar-refractivity contribution is 5.73. The van der Waals surface area contributed by atoms with Crippen LogP contribution in [0.5, 0.6) is 0 Å². The van der Waals surface area contributed by atoms with Crippen molar-refractivity contribution < 1.29 is 14.6 Å². The first-order chi connectivity index (χ1) is 7.56. The zero-order valence-electron chi connectivity index (χ0n) is 10.9. The van der Waals surface area contributed by atoms with Gasteiger partial charge in [-0.1, -0.05) is 26.2 Å². The molecular weight excluding hydrogens is 204 g/mol. The quantitative estimate of drug-likeness (QED) is 0.584. The Hall–Kier alpha value is -0.570. The van der Waals surface area contributed by atoms with Crippen LogP contribution in [-0.4, -0.2) is 24.3 Å². The summed E-state index contributed by atoms with van der Waals surface area (Å²) in [6.45, 7) is 7.43. The summed E-state index contributed by atoms with van der Waals surface area (Å²) in [5, 5.41) is 9.23. The van der Waals surface area contributed by atoms with Crippen LogP contribution in [0.2, 0.25) is 0 Å². The van der Waals surface area contributed by atoms with Crippen LogP contribution in [-0.2, 0) is 9.53 Å². The minimum Gasteiger partial charge on any atom is -0.481 e. The average molecular weight is 230 g/mol. The van der Waals surface area contributed by atoms with Crippen molar-refractivity contribution in [3.63, 3.8) is 0 Å². The highest BCUT2D eigenvalue weighted by Crippen LogP contribution is 2.30. The van der Waals surface area contributed by atoms with E-state index in [9.17, 15) is 9.90 Å². The van der Waals surface area contributed by atoms with Gasteiger partial charge in [0.15, 0.2) is 0 Å². The molecule has 0 aromatic carbocycles. The Balaban J connectivity index is 3.88. The molecule has 1 atom stereocenters. The predicted octanol–water partition coefficient (Wildman–Crippen LogP) is 3.47. The molecule has 0 rings (SSSR count). The van der Waals surface area contributed by atoms with Crippen molar-refractivity contribution in [3.05, 3.63) is 0 Å². The minimum absolute atomic E-state index is 0.539.